The van der Waals surface area contributed by atoms with E-state index in [1.807, 2.05) is 0 Å². The average molecular weight is 384 g/mol. The number of benzene rings is 2. The third-order valence-corrected chi connectivity index (χ3v) is 5.79. The second-order valence-electron chi connectivity index (χ2n) is 5.21. The first-order valence-corrected chi connectivity index (χ1v) is 9.03. The molecule has 132 valence electrons. The van der Waals surface area contributed by atoms with Gasteiger partial charge in [-0.05, 0) is 36.4 Å². The summed E-state index contributed by atoms with van der Waals surface area (Å²) in [5.41, 5.74) is 0.121. The molecule has 0 spiro atoms. The number of carbonyl (C=O) groups is 1. The van der Waals surface area contributed by atoms with Gasteiger partial charge in [0.25, 0.3) is 10.0 Å². The van der Waals surface area contributed by atoms with Crippen LogP contribution < -0.4 is 13.8 Å². The molecule has 0 fully saturated rings. The first-order valence-electron chi connectivity index (χ1n) is 7.21. The van der Waals surface area contributed by atoms with Crippen molar-refractivity contribution in [2.75, 3.05) is 24.6 Å². The van der Waals surface area contributed by atoms with Crippen LogP contribution in [0.15, 0.2) is 41.3 Å². The molecule has 0 radical (unpaired) electrons. The highest BCUT2D eigenvalue weighted by Crippen LogP contribution is 2.38. The summed E-state index contributed by atoms with van der Waals surface area (Å²) in [6.45, 7) is 0.176. The fourth-order valence-corrected chi connectivity index (χ4v) is 4.42. The topological polar surface area (TPSA) is 93.1 Å². The third-order valence-electron chi connectivity index (χ3n) is 3.72. The fourth-order valence-electron chi connectivity index (χ4n) is 2.55. The van der Waals surface area contributed by atoms with Crippen LogP contribution >= 0.6 is 11.6 Å². The van der Waals surface area contributed by atoms with Crippen molar-refractivity contribution in [2.24, 2.45) is 0 Å². The number of anilines is 1. The molecule has 0 saturated carbocycles. The standard InChI is InChI=1S/C16H14ClNO6S/c1-23-14-5-3-11(17)9-15(14)25(21,22)18-6-7-24-13-4-2-10(16(19)20)8-12(13)18/h2-5,8-9H,6-7H2,1H3,(H,19,20). The molecule has 0 amide bonds. The number of aromatic carboxylic acids is 1. The third kappa shape index (κ3) is 3.10. The Kier molecular flexibility index (Phi) is 4.49. The van der Waals surface area contributed by atoms with Crippen molar-refractivity contribution in [1.82, 2.24) is 0 Å². The van der Waals surface area contributed by atoms with Crippen LogP contribution in [0, 0.1) is 0 Å². The summed E-state index contributed by atoms with van der Waals surface area (Å²) in [6.07, 6.45) is 0. The molecule has 2 aromatic rings. The van der Waals surface area contributed by atoms with Gasteiger partial charge in [0.1, 0.15) is 23.0 Å². The van der Waals surface area contributed by atoms with E-state index in [4.69, 9.17) is 26.2 Å². The van der Waals surface area contributed by atoms with Crippen molar-refractivity contribution in [3.63, 3.8) is 0 Å². The second-order valence-corrected chi connectivity index (χ2v) is 7.48. The van der Waals surface area contributed by atoms with E-state index >= 15 is 0 Å². The summed E-state index contributed by atoms with van der Waals surface area (Å²) in [5.74, 6) is -0.723. The van der Waals surface area contributed by atoms with E-state index in [1.54, 1.807) is 0 Å². The van der Waals surface area contributed by atoms with E-state index < -0.39 is 16.0 Å². The Morgan fingerprint density at radius 1 is 1.28 bits per heavy atom. The second kappa shape index (κ2) is 6.45. The molecule has 1 N–H and O–H groups in total. The molecule has 0 saturated heterocycles. The molecule has 1 aliphatic rings. The number of halogens is 1. The van der Waals surface area contributed by atoms with Crippen LogP contribution in [-0.4, -0.2) is 39.8 Å². The molecule has 0 bridgehead atoms. The molecule has 3 rings (SSSR count). The Balaban J connectivity index is 2.16. The van der Waals surface area contributed by atoms with E-state index in [0.29, 0.717) is 5.75 Å². The van der Waals surface area contributed by atoms with E-state index in [2.05, 4.69) is 0 Å². The largest absolute Gasteiger partial charge is 0.495 e. The molecule has 25 heavy (non-hydrogen) atoms. The van der Waals surface area contributed by atoms with Gasteiger partial charge in [0.05, 0.1) is 24.9 Å². The molecular weight excluding hydrogens is 370 g/mol. The zero-order valence-electron chi connectivity index (χ0n) is 13.1. The molecule has 9 heteroatoms. The number of ether oxygens (including phenoxy) is 2. The number of carboxylic acids is 1. The van der Waals surface area contributed by atoms with Crippen molar-refractivity contribution in [3.8, 4) is 11.5 Å². The zero-order valence-corrected chi connectivity index (χ0v) is 14.7. The number of rotatable bonds is 4. The van der Waals surface area contributed by atoms with E-state index in [0.717, 1.165) is 4.31 Å². The minimum Gasteiger partial charge on any atom is -0.495 e. The molecular formula is C16H14ClNO6S. The van der Waals surface area contributed by atoms with Gasteiger partial charge in [0.15, 0.2) is 0 Å². The quantitative estimate of drug-likeness (QED) is 0.872. The minimum absolute atomic E-state index is 0.0358. The minimum atomic E-state index is -4.03. The van der Waals surface area contributed by atoms with Gasteiger partial charge in [-0.1, -0.05) is 11.6 Å². The molecule has 7 nitrogen and oxygen atoms in total. The maximum Gasteiger partial charge on any atom is 0.335 e. The molecule has 0 aromatic heterocycles. The molecule has 0 aliphatic carbocycles. The van der Waals surface area contributed by atoms with Crippen molar-refractivity contribution >= 4 is 33.3 Å². The highest BCUT2D eigenvalue weighted by atomic mass is 35.5. The van der Waals surface area contributed by atoms with Gasteiger partial charge in [0, 0.05) is 5.02 Å². The fraction of sp³-hybridized carbons (Fsp3) is 0.188. The Morgan fingerprint density at radius 2 is 2.04 bits per heavy atom. The zero-order chi connectivity index (χ0) is 18.2. The van der Waals surface area contributed by atoms with Crippen LogP contribution in [0.1, 0.15) is 10.4 Å². The van der Waals surface area contributed by atoms with Gasteiger partial charge in [-0.2, -0.15) is 0 Å². The molecule has 0 atom stereocenters. The number of nitrogens with zero attached hydrogens (tertiary/aromatic N) is 1. The van der Waals surface area contributed by atoms with E-state index in [-0.39, 0.29) is 40.1 Å². The van der Waals surface area contributed by atoms with Crippen LogP contribution in [0.5, 0.6) is 11.5 Å². The summed E-state index contributed by atoms with van der Waals surface area (Å²) in [5, 5.41) is 9.41. The predicted octanol–water partition coefficient (Wildman–Crippen LogP) is 2.63. The number of fused-ring (bicyclic) bond motifs is 1. The Morgan fingerprint density at radius 3 is 2.72 bits per heavy atom. The predicted molar refractivity (Wildman–Crippen MR) is 91.4 cm³/mol. The van der Waals surface area contributed by atoms with E-state index in [1.165, 1.54) is 43.5 Å². The highest BCUT2D eigenvalue weighted by molar-refractivity contribution is 7.93. The van der Waals surface area contributed by atoms with Crippen molar-refractivity contribution < 1.29 is 27.8 Å². The van der Waals surface area contributed by atoms with Gasteiger partial charge < -0.3 is 14.6 Å². The lowest BCUT2D eigenvalue weighted by Gasteiger charge is -2.31. The average Bonchev–Trinajstić information content (AvgIpc) is 2.60. The Hall–Kier alpha value is -2.45. The summed E-state index contributed by atoms with van der Waals surface area (Å²) in [6, 6.07) is 8.35. The highest BCUT2D eigenvalue weighted by Gasteiger charge is 2.33. The Bertz CT molecular complexity index is 944. The molecule has 2 aromatic carbocycles. The molecule has 1 aliphatic heterocycles. The summed E-state index contributed by atoms with van der Waals surface area (Å²) < 4.78 is 38.0. The van der Waals surface area contributed by atoms with Crippen molar-refractivity contribution in [2.45, 2.75) is 4.90 Å². The SMILES string of the molecule is COc1ccc(Cl)cc1S(=O)(=O)N1CCOc2ccc(C(=O)O)cc21. The molecule has 0 unspecified atom stereocenters. The first-order chi connectivity index (χ1) is 11.8. The van der Waals surface area contributed by atoms with Crippen molar-refractivity contribution in [3.05, 3.63) is 47.0 Å². The van der Waals surface area contributed by atoms with E-state index in [9.17, 15) is 13.2 Å². The lowest BCUT2D eigenvalue weighted by Crippen LogP contribution is -2.38. The van der Waals surface area contributed by atoms with Crippen LogP contribution in [0.3, 0.4) is 0 Å². The van der Waals surface area contributed by atoms with Gasteiger partial charge in [0.2, 0.25) is 0 Å². The van der Waals surface area contributed by atoms with Gasteiger partial charge in [-0.25, -0.2) is 13.2 Å². The smallest absolute Gasteiger partial charge is 0.335 e. The van der Waals surface area contributed by atoms with Crippen LogP contribution in [0.25, 0.3) is 0 Å². The monoisotopic (exact) mass is 383 g/mol. The van der Waals surface area contributed by atoms with Crippen molar-refractivity contribution in [1.29, 1.82) is 0 Å². The van der Waals surface area contributed by atoms with Gasteiger partial charge in [-0.15, -0.1) is 0 Å². The summed E-state index contributed by atoms with van der Waals surface area (Å²) in [4.78, 5) is 11.1. The van der Waals surface area contributed by atoms with Crippen LogP contribution in [-0.2, 0) is 10.0 Å². The van der Waals surface area contributed by atoms with Gasteiger partial charge in [-0.3, -0.25) is 4.31 Å². The molecule has 1 heterocycles. The Labute approximate surface area is 149 Å². The van der Waals surface area contributed by atoms with Gasteiger partial charge >= 0.3 is 5.97 Å². The number of hydrogen-bond acceptors (Lipinski definition) is 5. The number of methoxy groups -OCH3 is 1. The lowest BCUT2D eigenvalue weighted by molar-refractivity contribution is 0.0697. The van der Waals surface area contributed by atoms with Crippen LogP contribution in [0.2, 0.25) is 5.02 Å². The first kappa shape index (κ1) is 17.4. The van der Waals surface area contributed by atoms with Crippen LogP contribution in [0.4, 0.5) is 5.69 Å². The lowest BCUT2D eigenvalue weighted by atomic mass is 10.1. The maximum atomic E-state index is 13.1. The maximum absolute atomic E-state index is 13.1. The number of carboxylic acid groups (broad SMARTS) is 1. The number of hydrogen-bond donors (Lipinski definition) is 1. The normalized spacial score (nSPS) is 13.8. The summed E-state index contributed by atoms with van der Waals surface area (Å²) in [7, 11) is -2.67. The summed E-state index contributed by atoms with van der Waals surface area (Å²) >= 11 is 5.94. The number of sulfonamides is 1.